The van der Waals surface area contributed by atoms with Crippen LogP contribution >= 0.6 is 0 Å². The van der Waals surface area contributed by atoms with Crippen molar-refractivity contribution in [2.24, 2.45) is 0 Å². The first-order valence-corrected chi connectivity index (χ1v) is 14.9. The molecule has 3 aromatic carbocycles. The zero-order valence-electron chi connectivity index (χ0n) is 25.4. The molecule has 2 amide bonds. The van der Waals surface area contributed by atoms with Gasteiger partial charge in [0.05, 0.1) is 25.9 Å². The number of carbonyl (C=O) groups excluding carboxylic acids is 1. The van der Waals surface area contributed by atoms with Crippen molar-refractivity contribution in [1.82, 2.24) is 14.7 Å². The second kappa shape index (κ2) is 13.6. The van der Waals surface area contributed by atoms with Crippen LogP contribution in [0.5, 0.6) is 5.75 Å². The molecule has 0 aromatic heterocycles. The van der Waals surface area contributed by atoms with Crippen molar-refractivity contribution in [2.75, 3.05) is 45.7 Å². The lowest BCUT2D eigenvalue weighted by molar-refractivity contribution is -0.107. The van der Waals surface area contributed by atoms with E-state index in [1.165, 1.54) is 5.56 Å². The largest absolute Gasteiger partial charge is 0.497 e. The molecule has 43 heavy (non-hydrogen) atoms. The average Bonchev–Trinajstić information content (AvgIpc) is 3.01. The van der Waals surface area contributed by atoms with Crippen molar-refractivity contribution in [3.05, 3.63) is 95.6 Å². The highest BCUT2D eigenvalue weighted by Crippen LogP contribution is 2.43. The number of nitrogens with one attached hydrogen (secondary N) is 1. The number of aliphatic hydroxyl groups excluding tert-OH is 2. The standard InChI is InChI=1S/C35H42N4O4/c1-24(2)37(3)20-30-34(27-14-12-26(13-15-27)11-10-25-8-6-5-7-9-25)31-21-38(22-32(40)33(41)23-39(30)31)35(42)36-28-16-18-29(43-4)19-17-28/h5-9,12-19,24,30-34,40-41H,20-23H2,1-4H3,(H,36,42)/t30-,31?,32?,33?,34?/m1/s1. The number of amides is 2. The summed E-state index contributed by atoms with van der Waals surface area (Å²) in [6.07, 6.45) is -2.02. The Bertz CT molecular complexity index is 1420. The van der Waals surface area contributed by atoms with Crippen LogP contribution in [0.4, 0.5) is 10.5 Å². The zero-order chi connectivity index (χ0) is 30.5. The molecule has 8 heteroatoms. The van der Waals surface area contributed by atoms with E-state index in [0.717, 1.165) is 17.7 Å². The predicted molar refractivity (Wildman–Crippen MR) is 169 cm³/mol. The lowest BCUT2D eigenvalue weighted by Crippen LogP contribution is -2.72. The molecule has 0 spiro atoms. The van der Waals surface area contributed by atoms with Gasteiger partial charge in [-0.15, -0.1) is 0 Å². The van der Waals surface area contributed by atoms with Gasteiger partial charge in [-0.2, -0.15) is 0 Å². The molecule has 0 saturated carbocycles. The molecule has 0 bridgehead atoms. The highest BCUT2D eigenvalue weighted by atomic mass is 16.5. The fraction of sp³-hybridized carbons (Fsp3) is 0.400. The lowest BCUT2D eigenvalue weighted by atomic mass is 9.73. The van der Waals surface area contributed by atoms with Crippen LogP contribution in [0.15, 0.2) is 78.9 Å². The van der Waals surface area contributed by atoms with E-state index in [1.54, 1.807) is 36.3 Å². The van der Waals surface area contributed by atoms with Gasteiger partial charge in [-0.3, -0.25) is 4.90 Å². The minimum Gasteiger partial charge on any atom is -0.497 e. The monoisotopic (exact) mass is 582 g/mol. The molecule has 5 rings (SSSR count). The second-order valence-corrected chi connectivity index (χ2v) is 11.8. The fourth-order valence-electron chi connectivity index (χ4n) is 5.95. The molecule has 2 aliphatic rings. The van der Waals surface area contributed by atoms with Crippen LogP contribution in [0.3, 0.4) is 0 Å². The summed E-state index contributed by atoms with van der Waals surface area (Å²) in [6.45, 7) is 5.97. The molecule has 5 atom stereocenters. The molecule has 226 valence electrons. The van der Waals surface area contributed by atoms with E-state index in [4.69, 9.17) is 4.74 Å². The Hall–Kier alpha value is -3.87. The number of ether oxygens (including phenoxy) is 1. The SMILES string of the molecule is COc1ccc(NC(=O)N2CC(O)C(O)CN3C(C2)C(c2ccc(C#Cc4ccccc4)cc2)[C@H]3CN(C)C(C)C)cc1. The molecule has 8 nitrogen and oxygen atoms in total. The Morgan fingerprint density at radius 3 is 2.19 bits per heavy atom. The number of nitrogens with zero attached hydrogens (tertiary/aromatic N) is 3. The number of benzene rings is 3. The number of hydrogen-bond donors (Lipinski definition) is 3. The number of methoxy groups -OCH3 is 1. The maximum absolute atomic E-state index is 13.5. The van der Waals surface area contributed by atoms with Crippen LogP contribution in [0.25, 0.3) is 0 Å². The van der Waals surface area contributed by atoms with E-state index >= 15 is 0 Å². The van der Waals surface area contributed by atoms with Crippen LogP contribution in [0.1, 0.15) is 36.5 Å². The predicted octanol–water partition coefficient (Wildman–Crippen LogP) is 3.84. The molecule has 4 unspecified atom stereocenters. The highest BCUT2D eigenvalue weighted by Gasteiger charge is 2.52. The Kier molecular flexibility index (Phi) is 9.69. The van der Waals surface area contributed by atoms with E-state index in [0.29, 0.717) is 30.6 Å². The number of carbonyl (C=O) groups is 1. The summed E-state index contributed by atoms with van der Waals surface area (Å²) in [4.78, 5) is 19.7. The molecule has 2 fully saturated rings. The van der Waals surface area contributed by atoms with Crippen molar-refractivity contribution in [1.29, 1.82) is 0 Å². The fourth-order valence-corrected chi connectivity index (χ4v) is 5.95. The summed E-state index contributed by atoms with van der Waals surface area (Å²) >= 11 is 0. The molecule has 2 aliphatic heterocycles. The maximum atomic E-state index is 13.5. The number of likely N-dealkylation sites (N-methyl/N-ethyl adjacent to an activating group) is 1. The highest BCUT2D eigenvalue weighted by molar-refractivity contribution is 5.89. The van der Waals surface area contributed by atoms with Gasteiger partial charge in [0, 0.05) is 60.5 Å². The van der Waals surface area contributed by atoms with Gasteiger partial charge in [0.25, 0.3) is 0 Å². The van der Waals surface area contributed by atoms with Crippen LogP contribution in [-0.4, -0.2) is 102 Å². The number of fused-ring (bicyclic) bond motifs is 1. The summed E-state index contributed by atoms with van der Waals surface area (Å²) < 4.78 is 5.23. The van der Waals surface area contributed by atoms with E-state index in [9.17, 15) is 15.0 Å². The normalized spacial score (nSPS) is 23.8. The summed E-state index contributed by atoms with van der Waals surface area (Å²) in [5.74, 6) is 7.32. The van der Waals surface area contributed by atoms with Crippen LogP contribution in [0.2, 0.25) is 0 Å². The lowest BCUT2D eigenvalue weighted by Gasteiger charge is -2.59. The Balaban J connectivity index is 1.40. The van der Waals surface area contributed by atoms with E-state index in [1.807, 2.05) is 30.3 Å². The van der Waals surface area contributed by atoms with E-state index in [-0.39, 0.29) is 30.6 Å². The Morgan fingerprint density at radius 1 is 0.930 bits per heavy atom. The van der Waals surface area contributed by atoms with Crippen molar-refractivity contribution >= 4 is 11.7 Å². The third kappa shape index (κ3) is 7.20. The quantitative estimate of drug-likeness (QED) is 0.383. The van der Waals surface area contributed by atoms with Gasteiger partial charge in [0.1, 0.15) is 5.75 Å². The number of rotatable bonds is 6. The minimum absolute atomic E-state index is 0.0180. The summed E-state index contributed by atoms with van der Waals surface area (Å²) in [5, 5.41) is 24.7. The molecule has 0 aliphatic carbocycles. The van der Waals surface area contributed by atoms with Crippen molar-refractivity contribution in [3.8, 4) is 17.6 Å². The molecular weight excluding hydrogens is 540 g/mol. The first kappa shape index (κ1) is 30.6. The molecule has 2 saturated heterocycles. The maximum Gasteiger partial charge on any atom is 0.321 e. The van der Waals surface area contributed by atoms with Gasteiger partial charge in [-0.1, -0.05) is 42.2 Å². The average molecular weight is 583 g/mol. The zero-order valence-corrected chi connectivity index (χ0v) is 25.4. The summed E-state index contributed by atoms with van der Waals surface area (Å²) in [5.41, 5.74) is 3.73. The van der Waals surface area contributed by atoms with Crippen molar-refractivity contribution < 1.29 is 19.7 Å². The topological polar surface area (TPSA) is 88.5 Å². The van der Waals surface area contributed by atoms with Gasteiger partial charge in [-0.25, -0.2) is 4.79 Å². The van der Waals surface area contributed by atoms with Crippen LogP contribution in [-0.2, 0) is 0 Å². The van der Waals surface area contributed by atoms with E-state index < -0.39 is 12.2 Å². The third-order valence-corrected chi connectivity index (χ3v) is 8.74. The summed E-state index contributed by atoms with van der Waals surface area (Å²) in [7, 11) is 3.71. The molecule has 0 radical (unpaired) electrons. The van der Waals surface area contributed by atoms with Gasteiger partial charge >= 0.3 is 6.03 Å². The van der Waals surface area contributed by atoms with Crippen molar-refractivity contribution in [2.45, 2.75) is 50.1 Å². The first-order chi connectivity index (χ1) is 20.7. The second-order valence-electron chi connectivity index (χ2n) is 11.8. The molecule has 3 aromatic rings. The smallest absolute Gasteiger partial charge is 0.321 e. The number of anilines is 1. The molecule has 2 heterocycles. The Labute approximate surface area is 254 Å². The third-order valence-electron chi connectivity index (χ3n) is 8.74. The molecule has 3 N–H and O–H groups in total. The molecular formula is C35H42N4O4. The van der Waals surface area contributed by atoms with Crippen LogP contribution < -0.4 is 10.1 Å². The number of aliphatic hydroxyl groups is 2. The first-order valence-electron chi connectivity index (χ1n) is 14.9. The van der Waals surface area contributed by atoms with Gasteiger partial charge < -0.3 is 30.1 Å². The number of hydrogen-bond acceptors (Lipinski definition) is 6. The minimum atomic E-state index is -1.05. The van der Waals surface area contributed by atoms with Gasteiger partial charge in [0.2, 0.25) is 0 Å². The Morgan fingerprint density at radius 2 is 1.56 bits per heavy atom. The summed E-state index contributed by atoms with van der Waals surface area (Å²) in [6, 6.07) is 25.6. The number of urea groups is 1. The van der Waals surface area contributed by atoms with E-state index in [2.05, 4.69) is 72.1 Å². The van der Waals surface area contributed by atoms with Crippen LogP contribution in [0, 0.1) is 11.8 Å². The number of β-amino-alcohol motifs (C(OH)–C–C–N with tert-alkyl or cyclic N) is 1. The van der Waals surface area contributed by atoms with Gasteiger partial charge in [0.15, 0.2) is 0 Å². The van der Waals surface area contributed by atoms with Gasteiger partial charge in [-0.05, 0) is 75.0 Å². The van der Waals surface area contributed by atoms with Crippen molar-refractivity contribution in [3.63, 3.8) is 0 Å².